The molecule has 1 aromatic carbocycles. The minimum Gasteiger partial charge on any atom is -0.493 e. The van der Waals surface area contributed by atoms with Gasteiger partial charge in [0.15, 0.2) is 0 Å². The first-order valence-corrected chi connectivity index (χ1v) is 5.47. The molecule has 0 saturated carbocycles. The van der Waals surface area contributed by atoms with E-state index in [1.54, 1.807) is 0 Å². The standard InChI is InChI=1S/C13H13ClO/c1-2-15-13-8-7-10-5-3-4-6-11(10)9-12(13)14/h3-6,8-9H,2,7H2,1H3. The molecule has 0 bridgehead atoms. The van der Waals surface area contributed by atoms with Crippen molar-refractivity contribution in [3.63, 3.8) is 0 Å². The third kappa shape index (κ3) is 2.24. The molecule has 1 nitrogen and oxygen atoms in total. The molecular formula is C13H13ClO. The number of ether oxygens (including phenoxy) is 1. The molecule has 0 atom stereocenters. The van der Waals surface area contributed by atoms with Crippen LogP contribution in [0.1, 0.15) is 18.1 Å². The van der Waals surface area contributed by atoms with Crippen molar-refractivity contribution in [1.82, 2.24) is 0 Å². The molecule has 0 heterocycles. The molecule has 0 unspecified atom stereocenters. The van der Waals surface area contributed by atoms with Gasteiger partial charge < -0.3 is 4.74 Å². The van der Waals surface area contributed by atoms with Gasteiger partial charge in [-0.15, -0.1) is 0 Å². The highest BCUT2D eigenvalue weighted by Gasteiger charge is 2.09. The molecule has 0 fully saturated rings. The Morgan fingerprint density at radius 1 is 1.33 bits per heavy atom. The van der Waals surface area contributed by atoms with Gasteiger partial charge in [0.05, 0.1) is 11.6 Å². The number of hydrogen-bond acceptors (Lipinski definition) is 1. The molecule has 15 heavy (non-hydrogen) atoms. The summed E-state index contributed by atoms with van der Waals surface area (Å²) < 4.78 is 5.47. The zero-order valence-corrected chi connectivity index (χ0v) is 9.42. The first kappa shape index (κ1) is 10.3. The van der Waals surface area contributed by atoms with E-state index in [0.717, 1.165) is 12.2 Å². The number of allylic oxidation sites excluding steroid dienone is 2. The Morgan fingerprint density at radius 3 is 2.93 bits per heavy atom. The lowest BCUT2D eigenvalue weighted by atomic mass is 10.1. The van der Waals surface area contributed by atoms with Crippen molar-refractivity contribution in [2.45, 2.75) is 13.3 Å². The van der Waals surface area contributed by atoms with E-state index in [2.05, 4.69) is 12.1 Å². The first-order chi connectivity index (χ1) is 7.31. The van der Waals surface area contributed by atoms with Gasteiger partial charge in [0.25, 0.3) is 0 Å². The van der Waals surface area contributed by atoms with Crippen LogP contribution in [0, 0.1) is 0 Å². The summed E-state index contributed by atoms with van der Waals surface area (Å²) in [4.78, 5) is 0. The van der Waals surface area contributed by atoms with Crippen molar-refractivity contribution in [1.29, 1.82) is 0 Å². The Balaban J connectivity index is 2.37. The lowest BCUT2D eigenvalue weighted by Gasteiger charge is -2.05. The van der Waals surface area contributed by atoms with Crippen molar-refractivity contribution in [2.24, 2.45) is 0 Å². The monoisotopic (exact) mass is 220 g/mol. The van der Waals surface area contributed by atoms with Gasteiger partial charge in [-0.3, -0.25) is 0 Å². The number of benzene rings is 1. The maximum Gasteiger partial charge on any atom is 0.134 e. The van der Waals surface area contributed by atoms with Crippen molar-refractivity contribution >= 4 is 17.7 Å². The van der Waals surface area contributed by atoms with Crippen LogP contribution in [-0.4, -0.2) is 6.61 Å². The number of fused-ring (bicyclic) bond motifs is 1. The van der Waals surface area contributed by atoms with Gasteiger partial charge in [0, 0.05) is 0 Å². The first-order valence-electron chi connectivity index (χ1n) is 5.09. The lowest BCUT2D eigenvalue weighted by molar-refractivity contribution is 0.240. The predicted octanol–water partition coefficient (Wildman–Crippen LogP) is 3.74. The Hall–Kier alpha value is -1.21. The molecule has 0 amide bonds. The highest BCUT2D eigenvalue weighted by Crippen LogP contribution is 2.26. The zero-order chi connectivity index (χ0) is 10.7. The van der Waals surface area contributed by atoms with Crippen LogP contribution in [0.2, 0.25) is 0 Å². The minimum absolute atomic E-state index is 0.645. The fourth-order valence-corrected chi connectivity index (χ4v) is 1.90. The molecule has 2 rings (SSSR count). The van der Waals surface area contributed by atoms with E-state index >= 15 is 0 Å². The average Bonchev–Trinajstić information content (AvgIpc) is 2.40. The second-order valence-corrected chi connectivity index (χ2v) is 3.80. The van der Waals surface area contributed by atoms with E-state index in [4.69, 9.17) is 16.3 Å². The number of rotatable bonds is 2. The second-order valence-electron chi connectivity index (χ2n) is 3.40. The zero-order valence-electron chi connectivity index (χ0n) is 8.66. The van der Waals surface area contributed by atoms with Gasteiger partial charge >= 0.3 is 0 Å². The van der Waals surface area contributed by atoms with Crippen molar-refractivity contribution in [2.75, 3.05) is 6.61 Å². The molecule has 0 radical (unpaired) electrons. The minimum atomic E-state index is 0.645. The fraction of sp³-hybridized carbons (Fsp3) is 0.231. The summed E-state index contributed by atoms with van der Waals surface area (Å²) in [6.45, 7) is 2.61. The Morgan fingerprint density at radius 2 is 2.13 bits per heavy atom. The van der Waals surface area contributed by atoms with Crippen LogP contribution in [-0.2, 0) is 11.2 Å². The van der Waals surface area contributed by atoms with Crippen LogP contribution >= 0.6 is 11.6 Å². The molecular weight excluding hydrogens is 208 g/mol. The average molecular weight is 221 g/mol. The van der Waals surface area contributed by atoms with Gasteiger partial charge in [-0.05, 0) is 36.6 Å². The van der Waals surface area contributed by atoms with Crippen molar-refractivity contribution in [3.8, 4) is 0 Å². The molecule has 0 N–H and O–H groups in total. The smallest absolute Gasteiger partial charge is 0.134 e. The van der Waals surface area contributed by atoms with E-state index in [9.17, 15) is 0 Å². The predicted molar refractivity (Wildman–Crippen MR) is 63.7 cm³/mol. The van der Waals surface area contributed by atoms with Crippen LogP contribution in [0.3, 0.4) is 0 Å². The van der Waals surface area contributed by atoms with Crippen LogP contribution in [0.25, 0.3) is 6.08 Å². The van der Waals surface area contributed by atoms with E-state index < -0.39 is 0 Å². The maximum atomic E-state index is 6.16. The van der Waals surface area contributed by atoms with E-state index in [-0.39, 0.29) is 0 Å². The maximum absolute atomic E-state index is 6.16. The fourth-order valence-electron chi connectivity index (χ4n) is 1.65. The Bertz CT molecular complexity index is 418. The summed E-state index contributed by atoms with van der Waals surface area (Å²) in [6.07, 6.45) is 4.87. The largest absolute Gasteiger partial charge is 0.493 e. The summed E-state index contributed by atoms with van der Waals surface area (Å²) in [5.74, 6) is 0.787. The molecule has 1 aliphatic carbocycles. The van der Waals surface area contributed by atoms with Crippen molar-refractivity contribution < 1.29 is 4.74 Å². The van der Waals surface area contributed by atoms with Crippen LogP contribution in [0.4, 0.5) is 0 Å². The molecule has 1 aromatic rings. The summed E-state index contributed by atoms with van der Waals surface area (Å²) in [5.41, 5.74) is 2.46. The topological polar surface area (TPSA) is 9.23 Å². The van der Waals surface area contributed by atoms with E-state index in [0.29, 0.717) is 11.6 Å². The number of hydrogen-bond donors (Lipinski definition) is 0. The summed E-state index contributed by atoms with van der Waals surface area (Å²) >= 11 is 6.16. The molecule has 78 valence electrons. The summed E-state index contributed by atoms with van der Waals surface area (Å²) in [6, 6.07) is 8.24. The Kier molecular flexibility index (Phi) is 3.12. The molecule has 0 aliphatic heterocycles. The summed E-state index contributed by atoms with van der Waals surface area (Å²) in [7, 11) is 0. The van der Waals surface area contributed by atoms with Gasteiger partial charge in [0.1, 0.15) is 5.76 Å². The molecule has 0 spiro atoms. The molecule has 0 saturated heterocycles. The van der Waals surface area contributed by atoms with Crippen LogP contribution in [0.15, 0.2) is 41.1 Å². The van der Waals surface area contributed by atoms with E-state index in [1.165, 1.54) is 11.1 Å². The molecule has 0 aromatic heterocycles. The Labute approximate surface area is 95.0 Å². The van der Waals surface area contributed by atoms with Gasteiger partial charge in [-0.1, -0.05) is 35.9 Å². The quantitative estimate of drug-likeness (QED) is 0.738. The van der Waals surface area contributed by atoms with Gasteiger partial charge in [-0.2, -0.15) is 0 Å². The third-order valence-electron chi connectivity index (χ3n) is 2.38. The molecule has 1 aliphatic rings. The highest BCUT2D eigenvalue weighted by atomic mass is 35.5. The van der Waals surface area contributed by atoms with E-state index in [1.807, 2.05) is 31.2 Å². The lowest BCUT2D eigenvalue weighted by Crippen LogP contribution is -1.91. The van der Waals surface area contributed by atoms with Gasteiger partial charge in [0.2, 0.25) is 0 Å². The van der Waals surface area contributed by atoms with Crippen LogP contribution < -0.4 is 0 Å². The van der Waals surface area contributed by atoms with Crippen molar-refractivity contribution in [3.05, 3.63) is 52.3 Å². The van der Waals surface area contributed by atoms with Gasteiger partial charge in [-0.25, -0.2) is 0 Å². The van der Waals surface area contributed by atoms with Crippen LogP contribution in [0.5, 0.6) is 0 Å². The SMILES string of the molecule is CCOC1=CCc2ccccc2C=C1Cl. The molecule has 2 heteroatoms. The third-order valence-corrected chi connectivity index (χ3v) is 2.68. The number of halogens is 1. The second kappa shape index (κ2) is 4.54. The highest BCUT2D eigenvalue weighted by molar-refractivity contribution is 6.33. The normalized spacial score (nSPS) is 14.8. The summed E-state index contributed by atoms with van der Waals surface area (Å²) in [5, 5.41) is 0.682.